The summed E-state index contributed by atoms with van der Waals surface area (Å²) in [6.45, 7) is 5.41. The molecule has 1 amide bonds. The minimum absolute atomic E-state index is 0.121. The third kappa shape index (κ3) is 3.57. The summed E-state index contributed by atoms with van der Waals surface area (Å²) in [6, 6.07) is 17.7. The van der Waals surface area contributed by atoms with Crippen LogP contribution in [0.2, 0.25) is 5.02 Å². The van der Waals surface area contributed by atoms with Crippen molar-refractivity contribution in [1.29, 1.82) is 0 Å². The van der Waals surface area contributed by atoms with Crippen molar-refractivity contribution in [2.24, 2.45) is 0 Å². The summed E-state index contributed by atoms with van der Waals surface area (Å²) in [5.41, 5.74) is 1.91. The second-order valence-corrected chi connectivity index (χ2v) is 6.30. The Morgan fingerprint density at radius 1 is 0.957 bits per heavy atom. The molecule has 1 saturated heterocycles. The van der Waals surface area contributed by atoms with E-state index in [9.17, 15) is 4.79 Å². The highest BCUT2D eigenvalue weighted by atomic mass is 35.5. The van der Waals surface area contributed by atoms with Crippen LogP contribution in [0, 0.1) is 0 Å². The summed E-state index contributed by atoms with van der Waals surface area (Å²) < 4.78 is 0. The van der Waals surface area contributed by atoms with Crippen LogP contribution in [0.1, 0.15) is 28.9 Å². The molecular formula is C19H21ClN2O. The molecule has 4 heteroatoms. The highest BCUT2D eigenvalue weighted by Gasteiger charge is 2.25. The van der Waals surface area contributed by atoms with Crippen LogP contribution in [-0.4, -0.2) is 41.9 Å². The van der Waals surface area contributed by atoms with Crippen molar-refractivity contribution in [2.45, 2.75) is 13.0 Å². The van der Waals surface area contributed by atoms with E-state index in [1.165, 1.54) is 0 Å². The number of carbonyl (C=O) groups is 1. The largest absolute Gasteiger partial charge is 0.336 e. The summed E-state index contributed by atoms with van der Waals surface area (Å²) in [5.74, 6) is 0.121. The maximum absolute atomic E-state index is 12.5. The topological polar surface area (TPSA) is 23.6 Å². The van der Waals surface area contributed by atoms with Gasteiger partial charge in [-0.05, 0) is 30.7 Å². The quantitative estimate of drug-likeness (QED) is 0.854. The zero-order valence-corrected chi connectivity index (χ0v) is 14.0. The van der Waals surface area contributed by atoms with Gasteiger partial charge in [-0.25, -0.2) is 0 Å². The van der Waals surface area contributed by atoms with E-state index < -0.39 is 0 Å². The number of piperazine rings is 1. The van der Waals surface area contributed by atoms with Crippen molar-refractivity contribution < 1.29 is 4.79 Å². The van der Waals surface area contributed by atoms with Crippen molar-refractivity contribution >= 4 is 17.5 Å². The Morgan fingerprint density at radius 3 is 2.22 bits per heavy atom. The van der Waals surface area contributed by atoms with E-state index in [1.54, 1.807) is 0 Å². The molecule has 0 bridgehead atoms. The lowest BCUT2D eigenvalue weighted by Gasteiger charge is -2.38. The molecule has 1 aliphatic heterocycles. The lowest BCUT2D eigenvalue weighted by atomic mass is 10.1. The molecule has 1 aliphatic rings. The highest BCUT2D eigenvalue weighted by Crippen LogP contribution is 2.27. The minimum Gasteiger partial charge on any atom is -0.336 e. The number of benzene rings is 2. The summed E-state index contributed by atoms with van der Waals surface area (Å²) in [6.07, 6.45) is 0. The van der Waals surface area contributed by atoms with E-state index in [4.69, 9.17) is 11.6 Å². The number of amides is 1. The number of halogens is 1. The van der Waals surface area contributed by atoms with Crippen LogP contribution < -0.4 is 0 Å². The predicted octanol–water partition coefficient (Wildman–Crippen LogP) is 3.86. The lowest BCUT2D eigenvalue weighted by Crippen LogP contribution is -2.49. The van der Waals surface area contributed by atoms with Crippen LogP contribution in [0.3, 0.4) is 0 Å². The molecule has 0 aromatic heterocycles. The Hall–Kier alpha value is -1.84. The fourth-order valence-electron chi connectivity index (χ4n) is 3.09. The minimum atomic E-state index is 0.121. The molecule has 1 heterocycles. The van der Waals surface area contributed by atoms with E-state index in [2.05, 4.69) is 17.9 Å². The number of nitrogens with zero attached hydrogens (tertiary/aromatic N) is 2. The van der Waals surface area contributed by atoms with Gasteiger partial charge in [0, 0.05) is 42.8 Å². The molecule has 2 aromatic rings. The van der Waals surface area contributed by atoms with E-state index in [1.807, 2.05) is 53.4 Å². The Kier molecular flexibility index (Phi) is 4.99. The Morgan fingerprint density at radius 2 is 1.57 bits per heavy atom. The smallest absolute Gasteiger partial charge is 0.253 e. The molecule has 1 atom stereocenters. The second-order valence-electron chi connectivity index (χ2n) is 5.89. The SMILES string of the molecule is CC(c1ccccc1Cl)N1CCN(C(=O)c2ccccc2)CC1. The van der Waals surface area contributed by atoms with Gasteiger partial charge in [0.1, 0.15) is 0 Å². The van der Waals surface area contributed by atoms with Gasteiger partial charge in [0.25, 0.3) is 5.91 Å². The van der Waals surface area contributed by atoms with Gasteiger partial charge in [0.05, 0.1) is 0 Å². The van der Waals surface area contributed by atoms with Gasteiger partial charge in [-0.2, -0.15) is 0 Å². The Bertz CT molecular complexity index is 666. The third-order valence-electron chi connectivity index (χ3n) is 4.53. The van der Waals surface area contributed by atoms with E-state index in [0.717, 1.165) is 42.3 Å². The lowest BCUT2D eigenvalue weighted by molar-refractivity contribution is 0.0582. The van der Waals surface area contributed by atoms with E-state index in [-0.39, 0.29) is 11.9 Å². The normalized spacial score (nSPS) is 17.0. The molecular weight excluding hydrogens is 308 g/mol. The molecule has 1 unspecified atom stereocenters. The van der Waals surface area contributed by atoms with Crippen LogP contribution in [0.4, 0.5) is 0 Å². The zero-order valence-electron chi connectivity index (χ0n) is 13.3. The molecule has 0 N–H and O–H groups in total. The first-order chi connectivity index (χ1) is 11.2. The first kappa shape index (κ1) is 16.0. The van der Waals surface area contributed by atoms with Crippen molar-refractivity contribution in [1.82, 2.24) is 9.80 Å². The molecule has 1 fully saturated rings. The molecule has 2 aromatic carbocycles. The van der Waals surface area contributed by atoms with Crippen LogP contribution in [0.5, 0.6) is 0 Å². The molecule has 0 radical (unpaired) electrons. The number of carbonyl (C=O) groups excluding carboxylic acids is 1. The van der Waals surface area contributed by atoms with Crippen LogP contribution in [0.25, 0.3) is 0 Å². The van der Waals surface area contributed by atoms with Crippen LogP contribution in [0.15, 0.2) is 54.6 Å². The van der Waals surface area contributed by atoms with E-state index >= 15 is 0 Å². The average Bonchev–Trinajstić information content (AvgIpc) is 2.62. The summed E-state index contributed by atoms with van der Waals surface area (Å²) >= 11 is 6.31. The molecule has 120 valence electrons. The Balaban J connectivity index is 1.62. The maximum atomic E-state index is 12.5. The molecule has 0 aliphatic carbocycles. The number of hydrogen-bond acceptors (Lipinski definition) is 2. The number of hydrogen-bond donors (Lipinski definition) is 0. The second kappa shape index (κ2) is 7.16. The molecule has 3 nitrogen and oxygen atoms in total. The summed E-state index contributed by atoms with van der Waals surface area (Å²) in [7, 11) is 0. The molecule has 23 heavy (non-hydrogen) atoms. The van der Waals surface area contributed by atoms with Crippen molar-refractivity contribution in [2.75, 3.05) is 26.2 Å². The third-order valence-corrected chi connectivity index (χ3v) is 4.87. The Labute approximate surface area is 142 Å². The van der Waals surface area contributed by atoms with Crippen molar-refractivity contribution in [3.63, 3.8) is 0 Å². The maximum Gasteiger partial charge on any atom is 0.253 e. The van der Waals surface area contributed by atoms with Gasteiger partial charge in [-0.1, -0.05) is 48.0 Å². The van der Waals surface area contributed by atoms with Gasteiger partial charge in [-0.3, -0.25) is 9.69 Å². The molecule has 0 spiro atoms. The summed E-state index contributed by atoms with van der Waals surface area (Å²) in [4.78, 5) is 16.8. The fraction of sp³-hybridized carbons (Fsp3) is 0.316. The summed E-state index contributed by atoms with van der Waals surface area (Å²) in [5, 5.41) is 0.808. The standard InChI is InChI=1S/C19H21ClN2O/c1-15(17-9-5-6-10-18(17)20)21-11-13-22(14-12-21)19(23)16-7-3-2-4-8-16/h2-10,15H,11-14H2,1H3. The van der Waals surface area contributed by atoms with E-state index in [0.29, 0.717) is 0 Å². The first-order valence-corrected chi connectivity index (χ1v) is 8.37. The van der Waals surface area contributed by atoms with Gasteiger partial charge in [0.2, 0.25) is 0 Å². The van der Waals surface area contributed by atoms with Gasteiger partial charge >= 0.3 is 0 Å². The molecule has 0 saturated carbocycles. The van der Waals surface area contributed by atoms with Crippen molar-refractivity contribution in [3.8, 4) is 0 Å². The van der Waals surface area contributed by atoms with Crippen molar-refractivity contribution in [3.05, 3.63) is 70.7 Å². The average molecular weight is 329 g/mol. The monoisotopic (exact) mass is 328 g/mol. The zero-order chi connectivity index (χ0) is 16.2. The van der Waals surface area contributed by atoms with Gasteiger partial charge in [-0.15, -0.1) is 0 Å². The fourth-order valence-corrected chi connectivity index (χ4v) is 3.38. The highest BCUT2D eigenvalue weighted by molar-refractivity contribution is 6.31. The van der Waals surface area contributed by atoms with Crippen LogP contribution >= 0.6 is 11.6 Å². The van der Waals surface area contributed by atoms with Gasteiger partial charge < -0.3 is 4.90 Å². The number of rotatable bonds is 3. The van der Waals surface area contributed by atoms with Crippen LogP contribution in [-0.2, 0) is 0 Å². The van der Waals surface area contributed by atoms with Gasteiger partial charge in [0.15, 0.2) is 0 Å². The first-order valence-electron chi connectivity index (χ1n) is 7.99. The predicted molar refractivity (Wildman–Crippen MR) is 93.8 cm³/mol. The molecule has 3 rings (SSSR count).